The van der Waals surface area contributed by atoms with Crippen molar-refractivity contribution in [3.63, 3.8) is 0 Å². The number of rotatable bonds is 5. The molecular weight excluding hydrogens is 404 g/mol. The number of fused-ring (bicyclic) bond motifs is 5. The predicted molar refractivity (Wildman–Crippen MR) is 122 cm³/mol. The summed E-state index contributed by atoms with van der Waals surface area (Å²) in [7, 11) is 0. The van der Waals surface area contributed by atoms with Gasteiger partial charge in [0.25, 0.3) is 0 Å². The molecule has 0 amide bonds. The average Bonchev–Trinajstić information content (AvgIpc) is 3.05. The molecule has 0 radical (unpaired) electrons. The van der Waals surface area contributed by atoms with E-state index >= 15 is 0 Å². The fourth-order valence-electron chi connectivity index (χ4n) is 9.13. The van der Waals surface area contributed by atoms with E-state index in [4.69, 9.17) is 9.47 Å². The van der Waals surface area contributed by atoms with Crippen molar-refractivity contribution in [3.05, 3.63) is 0 Å². The van der Waals surface area contributed by atoms with E-state index in [1.54, 1.807) is 0 Å². The van der Waals surface area contributed by atoms with Gasteiger partial charge in [0.15, 0.2) is 0 Å². The molecule has 0 aliphatic heterocycles. The quantitative estimate of drug-likeness (QED) is 0.421. The maximum Gasteiger partial charge on any atom is 0.302 e. The van der Waals surface area contributed by atoms with Crippen molar-refractivity contribution in [3.8, 4) is 0 Å². The van der Waals surface area contributed by atoms with E-state index < -0.39 is 0 Å². The lowest BCUT2D eigenvalue weighted by Crippen LogP contribution is -2.59. The molecule has 0 N–H and O–H groups in total. The summed E-state index contributed by atoms with van der Waals surface area (Å²) >= 11 is 0. The topological polar surface area (TPSA) is 69.7 Å². The second-order valence-electron chi connectivity index (χ2n) is 12.0. The van der Waals surface area contributed by atoms with Crippen LogP contribution in [0.25, 0.3) is 0 Å². The van der Waals surface area contributed by atoms with Gasteiger partial charge in [-0.15, -0.1) is 0 Å². The number of hydrogen-bond acceptors (Lipinski definition) is 5. The Kier molecular flexibility index (Phi) is 6.50. The van der Waals surface area contributed by atoms with Crippen LogP contribution >= 0.6 is 0 Å². The van der Waals surface area contributed by atoms with E-state index in [9.17, 15) is 14.4 Å². The van der Waals surface area contributed by atoms with Crippen LogP contribution in [-0.2, 0) is 23.9 Å². The summed E-state index contributed by atoms with van der Waals surface area (Å²) < 4.78 is 11.7. The van der Waals surface area contributed by atoms with Crippen molar-refractivity contribution in [1.82, 2.24) is 0 Å². The SMILES string of the molecule is CC(=O)O[C@@H]1CC[C@@]2(C)[C@@H](C1)C[C@@H](OC(C)=O)[C@@H]1[C@@H]2CC[C@]2(C)[C@@H]([C@H](C)CC=O)CC[C@@H]12. The van der Waals surface area contributed by atoms with Gasteiger partial charge in [-0.1, -0.05) is 20.8 Å². The zero-order valence-electron chi connectivity index (χ0n) is 20.6. The second kappa shape index (κ2) is 8.76. The molecule has 4 rings (SSSR count). The van der Waals surface area contributed by atoms with Crippen molar-refractivity contribution in [2.24, 2.45) is 46.3 Å². The maximum atomic E-state index is 12.1. The summed E-state index contributed by atoms with van der Waals surface area (Å²) in [5.41, 5.74) is 0.436. The van der Waals surface area contributed by atoms with E-state index in [1.807, 2.05) is 0 Å². The lowest BCUT2D eigenvalue weighted by molar-refractivity contribution is -0.197. The molecular formula is C27H42O5. The van der Waals surface area contributed by atoms with Crippen LogP contribution in [0.3, 0.4) is 0 Å². The highest BCUT2D eigenvalue weighted by atomic mass is 16.5. The number of carbonyl (C=O) groups excluding carboxylic acids is 3. The van der Waals surface area contributed by atoms with Crippen molar-refractivity contribution < 1.29 is 23.9 Å². The first-order chi connectivity index (χ1) is 15.1. The molecule has 0 spiro atoms. The Labute approximate surface area is 193 Å². The van der Waals surface area contributed by atoms with Gasteiger partial charge >= 0.3 is 11.9 Å². The van der Waals surface area contributed by atoms with Crippen molar-refractivity contribution in [1.29, 1.82) is 0 Å². The number of esters is 2. The zero-order chi connectivity index (χ0) is 23.3. The first-order valence-corrected chi connectivity index (χ1v) is 12.9. The molecule has 10 atom stereocenters. The van der Waals surface area contributed by atoms with E-state index in [0.29, 0.717) is 41.9 Å². The first-order valence-electron chi connectivity index (χ1n) is 12.9. The molecule has 32 heavy (non-hydrogen) atoms. The molecule has 0 aromatic heterocycles. The second-order valence-corrected chi connectivity index (χ2v) is 12.0. The van der Waals surface area contributed by atoms with E-state index in [0.717, 1.165) is 32.0 Å². The number of hydrogen-bond donors (Lipinski definition) is 0. The summed E-state index contributed by atoms with van der Waals surface area (Å²) in [4.78, 5) is 34.9. The first kappa shape index (κ1) is 23.8. The van der Waals surface area contributed by atoms with Crippen LogP contribution in [-0.4, -0.2) is 30.4 Å². The summed E-state index contributed by atoms with van der Waals surface area (Å²) in [6, 6.07) is 0. The molecule has 180 valence electrons. The van der Waals surface area contributed by atoms with Gasteiger partial charge < -0.3 is 14.3 Å². The molecule has 0 aromatic carbocycles. The standard InChI is InChI=1S/C27H42O5/c1-16(10-13-28)21-6-7-22-25-23(9-12-27(21,22)5)26(4)11-8-20(31-17(2)29)14-19(26)15-24(25)32-18(3)30/h13,16,19-25H,6-12,14-15H2,1-5H3/t16-,19+,20-,21-,22+,23+,24-,25+,26+,27-/m1/s1. The summed E-state index contributed by atoms with van der Waals surface area (Å²) in [6.07, 6.45) is 10.2. The Balaban J connectivity index is 1.63. The van der Waals surface area contributed by atoms with Crippen LogP contribution < -0.4 is 0 Å². The Morgan fingerprint density at radius 1 is 0.938 bits per heavy atom. The molecule has 5 heteroatoms. The lowest BCUT2D eigenvalue weighted by atomic mass is 9.43. The number of aldehydes is 1. The van der Waals surface area contributed by atoms with Gasteiger partial charge in [0.05, 0.1) is 0 Å². The molecule has 0 unspecified atom stereocenters. The fourth-order valence-corrected chi connectivity index (χ4v) is 9.13. The highest BCUT2D eigenvalue weighted by Crippen LogP contribution is 2.68. The van der Waals surface area contributed by atoms with Gasteiger partial charge in [-0.2, -0.15) is 0 Å². The van der Waals surface area contributed by atoms with Crippen LogP contribution in [0.2, 0.25) is 0 Å². The maximum absolute atomic E-state index is 12.1. The van der Waals surface area contributed by atoms with Crippen molar-refractivity contribution in [2.45, 2.75) is 105 Å². The van der Waals surface area contributed by atoms with Crippen LogP contribution in [0.4, 0.5) is 0 Å². The van der Waals surface area contributed by atoms with Crippen LogP contribution in [0.15, 0.2) is 0 Å². The fraction of sp³-hybridized carbons (Fsp3) is 0.889. The highest BCUT2D eigenvalue weighted by Gasteiger charge is 2.63. The molecule has 4 saturated carbocycles. The van der Waals surface area contributed by atoms with E-state index in [1.165, 1.54) is 39.5 Å². The third-order valence-corrected chi connectivity index (χ3v) is 10.5. The summed E-state index contributed by atoms with van der Waals surface area (Å²) in [5.74, 6) is 2.52. The molecule has 0 aromatic rings. The Morgan fingerprint density at radius 3 is 2.25 bits per heavy atom. The van der Waals surface area contributed by atoms with Gasteiger partial charge in [-0.25, -0.2) is 0 Å². The van der Waals surface area contributed by atoms with E-state index in [2.05, 4.69) is 20.8 Å². The molecule has 4 fully saturated rings. The van der Waals surface area contributed by atoms with Gasteiger partial charge in [-0.3, -0.25) is 9.59 Å². The average molecular weight is 447 g/mol. The molecule has 0 bridgehead atoms. The van der Waals surface area contributed by atoms with Gasteiger partial charge in [-0.05, 0) is 91.8 Å². The summed E-state index contributed by atoms with van der Waals surface area (Å²) in [5, 5.41) is 0. The zero-order valence-corrected chi connectivity index (χ0v) is 20.6. The van der Waals surface area contributed by atoms with Crippen molar-refractivity contribution >= 4 is 18.2 Å². The van der Waals surface area contributed by atoms with Crippen LogP contribution in [0.5, 0.6) is 0 Å². The minimum Gasteiger partial charge on any atom is -0.463 e. The van der Waals surface area contributed by atoms with Crippen LogP contribution in [0, 0.1) is 46.3 Å². The van der Waals surface area contributed by atoms with Gasteiger partial charge in [0.2, 0.25) is 0 Å². The third-order valence-electron chi connectivity index (χ3n) is 10.5. The number of ether oxygens (including phenoxy) is 2. The molecule has 0 heterocycles. The normalized spacial score (nSPS) is 46.2. The van der Waals surface area contributed by atoms with Crippen LogP contribution in [0.1, 0.15) is 92.4 Å². The Hall–Kier alpha value is -1.39. The Morgan fingerprint density at radius 2 is 1.59 bits per heavy atom. The smallest absolute Gasteiger partial charge is 0.302 e. The third kappa shape index (κ3) is 3.92. The largest absolute Gasteiger partial charge is 0.463 e. The molecule has 0 saturated heterocycles. The predicted octanol–water partition coefficient (Wildman–Crippen LogP) is 5.34. The molecule has 5 nitrogen and oxygen atoms in total. The van der Waals surface area contributed by atoms with Gasteiger partial charge in [0, 0.05) is 26.2 Å². The van der Waals surface area contributed by atoms with Crippen molar-refractivity contribution in [2.75, 3.05) is 0 Å². The minimum atomic E-state index is -0.196. The monoisotopic (exact) mass is 446 g/mol. The molecule has 4 aliphatic rings. The lowest BCUT2D eigenvalue weighted by Gasteiger charge is -2.62. The summed E-state index contributed by atoms with van der Waals surface area (Å²) in [6.45, 7) is 10.2. The minimum absolute atomic E-state index is 0.00555. The van der Waals surface area contributed by atoms with Gasteiger partial charge in [0.1, 0.15) is 18.5 Å². The highest BCUT2D eigenvalue weighted by molar-refractivity contribution is 5.66. The number of carbonyl (C=O) groups is 3. The Bertz CT molecular complexity index is 748. The molecule has 4 aliphatic carbocycles. The van der Waals surface area contributed by atoms with E-state index in [-0.39, 0.29) is 35.0 Å².